The lowest BCUT2D eigenvalue weighted by Crippen LogP contribution is -2.33. The average molecular weight is 499 g/mol. The molecule has 2 aromatic rings. The van der Waals surface area contributed by atoms with E-state index in [2.05, 4.69) is 18.7 Å². The summed E-state index contributed by atoms with van der Waals surface area (Å²) in [6.07, 6.45) is 1.49. The highest BCUT2D eigenvalue weighted by Gasteiger charge is 2.46. The molecular formula is C28H35FN2O5. The molecule has 0 saturated carbocycles. The van der Waals surface area contributed by atoms with Gasteiger partial charge in [0.25, 0.3) is 11.7 Å². The summed E-state index contributed by atoms with van der Waals surface area (Å²) < 4.78 is 24.8. The number of benzene rings is 2. The quantitative estimate of drug-likeness (QED) is 0.258. The highest BCUT2D eigenvalue weighted by Crippen LogP contribution is 2.42. The fourth-order valence-corrected chi connectivity index (χ4v) is 4.41. The molecule has 7 nitrogen and oxygen atoms in total. The third kappa shape index (κ3) is 5.87. The lowest BCUT2D eigenvalue weighted by atomic mass is 9.95. The van der Waals surface area contributed by atoms with Crippen molar-refractivity contribution in [3.8, 4) is 11.5 Å². The molecule has 1 aliphatic rings. The number of hydrogen-bond acceptors (Lipinski definition) is 6. The fraction of sp³-hybridized carbons (Fsp3) is 0.429. The summed E-state index contributed by atoms with van der Waals surface area (Å²) in [5.74, 6) is -1.22. The van der Waals surface area contributed by atoms with Crippen molar-refractivity contribution in [2.45, 2.75) is 39.7 Å². The van der Waals surface area contributed by atoms with Crippen molar-refractivity contribution in [1.29, 1.82) is 0 Å². The minimum Gasteiger partial charge on any atom is -0.507 e. The molecule has 8 heteroatoms. The molecule has 1 heterocycles. The Hall–Kier alpha value is -3.39. The third-order valence-corrected chi connectivity index (χ3v) is 6.39. The normalized spacial score (nSPS) is 17.2. The molecule has 1 atom stereocenters. The highest BCUT2D eigenvalue weighted by atomic mass is 19.1. The van der Waals surface area contributed by atoms with E-state index in [4.69, 9.17) is 9.47 Å². The van der Waals surface area contributed by atoms with Crippen molar-refractivity contribution in [2.75, 3.05) is 39.9 Å². The molecule has 0 radical (unpaired) electrons. The molecule has 0 unspecified atom stereocenters. The molecule has 1 amide bonds. The van der Waals surface area contributed by atoms with Gasteiger partial charge in [0.05, 0.1) is 25.3 Å². The molecule has 1 saturated heterocycles. The zero-order chi connectivity index (χ0) is 26.2. The van der Waals surface area contributed by atoms with Gasteiger partial charge in [0.2, 0.25) is 0 Å². The smallest absolute Gasteiger partial charge is 0.295 e. The van der Waals surface area contributed by atoms with Crippen LogP contribution in [0.5, 0.6) is 11.5 Å². The van der Waals surface area contributed by atoms with Gasteiger partial charge >= 0.3 is 0 Å². The van der Waals surface area contributed by atoms with E-state index in [1.165, 1.54) is 36.3 Å². The molecule has 0 bridgehead atoms. The van der Waals surface area contributed by atoms with Crippen molar-refractivity contribution in [1.82, 2.24) is 9.80 Å². The first-order chi connectivity index (χ1) is 17.4. The van der Waals surface area contributed by atoms with Gasteiger partial charge in [-0.15, -0.1) is 0 Å². The second-order valence-electron chi connectivity index (χ2n) is 8.64. The Morgan fingerprint density at radius 2 is 1.75 bits per heavy atom. The van der Waals surface area contributed by atoms with E-state index in [0.717, 1.165) is 26.1 Å². The van der Waals surface area contributed by atoms with Crippen molar-refractivity contribution in [3.05, 3.63) is 65.0 Å². The molecule has 2 aromatic carbocycles. The average Bonchev–Trinajstić information content (AvgIpc) is 3.14. The highest BCUT2D eigenvalue weighted by molar-refractivity contribution is 6.46. The first kappa shape index (κ1) is 27.2. The van der Waals surface area contributed by atoms with Crippen LogP contribution < -0.4 is 9.47 Å². The zero-order valence-electron chi connectivity index (χ0n) is 21.4. The van der Waals surface area contributed by atoms with E-state index < -0.39 is 23.5 Å². The van der Waals surface area contributed by atoms with E-state index in [-0.39, 0.29) is 16.9 Å². The number of methoxy groups -OCH3 is 1. The Morgan fingerprint density at radius 3 is 2.36 bits per heavy atom. The van der Waals surface area contributed by atoms with Gasteiger partial charge in [0.1, 0.15) is 11.6 Å². The number of aliphatic hydroxyl groups excluding tert-OH is 1. The van der Waals surface area contributed by atoms with Gasteiger partial charge in [-0.25, -0.2) is 4.39 Å². The number of hydrogen-bond donors (Lipinski definition) is 1. The predicted molar refractivity (Wildman–Crippen MR) is 137 cm³/mol. The van der Waals surface area contributed by atoms with Crippen LogP contribution in [-0.2, 0) is 9.59 Å². The number of carbonyl (C=O) groups is 2. The summed E-state index contributed by atoms with van der Waals surface area (Å²) in [6, 6.07) is 9.62. The largest absolute Gasteiger partial charge is 0.507 e. The summed E-state index contributed by atoms with van der Waals surface area (Å²) in [4.78, 5) is 30.1. The minimum atomic E-state index is -0.819. The van der Waals surface area contributed by atoms with Gasteiger partial charge in [0.15, 0.2) is 11.5 Å². The van der Waals surface area contributed by atoms with Crippen LogP contribution in [0.4, 0.5) is 4.39 Å². The second-order valence-corrected chi connectivity index (χ2v) is 8.64. The van der Waals surface area contributed by atoms with Gasteiger partial charge in [-0.2, -0.15) is 0 Å². The molecule has 1 fully saturated rings. The number of carbonyl (C=O) groups excluding carboxylic acids is 2. The molecule has 36 heavy (non-hydrogen) atoms. The lowest BCUT2D eigenvalue weighted by Gasteiger charge is -2.27. The van der Waals surface area contributed by atoms with Gasteiger partial charge in [0, 0.05) is 12.1 Å². The minimum absolute atomic E-state index is 0.0290. The molecule has 0 aliphatic carbocycles. The number of nitrogens with zero attached hydrogens (tertiary/aromatic N) is 2. The Morgan fingerprint density at radius 1 is 1.06 bits per heavy atom. The molecule has 194 valence electrons. The maximum Gasteiger partial charge on any atom is 0.295 e. The summed E-state index contributed by atoms with van der Waals surface area (Å²) in [6.45, 7) is 9.56. The van der Waals surface area contributed by atoms with Crippen LogP contribution in [0.2, 0.25) is 0 Å². The Bertz CT molecular complexity index is 1100. The van der Waals surface area contributed by atoms with Gasteiger partial charge in [-0.05, 0) is 74.4 Å². The maximum atomic E-state index is 13.5. The summed E-state index contributed by atoms with van der Waals surface area (Å²) in [5, 5.41) is 11.1. The predicted octanol–water partition coefficient (Wildman–Crippen LogP) is 4.78. The van der Waals surface area contributed by atoms with Crippen LogP contribution in [0, 0.1) is 5.82 Å². The standard InChI is InChI=1S/C28H35FN2O5/c1-5-17-36-22-14-11-20(18-23(22)35-4)25-24(26(32)19-9-12-21(29)13-10-19)27(33)28(34)31(25)16-8-15-30(6-2)7-3/h9-14,18,25,32H,5-8,15-17H2,1-4H3/t25-/m1/s1. The first-order valence-corrected chi connectivity index (χ1v) is 12.4. The van der Waals surface area contributed by atoms with E-state index in [1.54, 1.807) is 18.2 Å². The zero-order valence-corrected chi connectivity index (χ0v) is 21.4. The molecule has 0 aromatic heterocycles. The van der Waals surface area contributed by atoms with Crippen LogP contribution in [0.25, 0.3) is 5.76 Å². The van der Waals surface area contributed by atoms with Crippen LogP contribution >= 0.6 is 0 Å². The number of aliphatic hydroxyl groups is 1. The van der Waals surface area contributed by atoms with E-state index in [0.29, 0.717) is 36.6 Å². The summed E-state index contributed by atoms with van der Waals surface area (Å²) in [7, 11) is 1.53. The fourth-order valence-electron chi connectivity index (χ4n) is 4.41. The molecule has 1 N–H and O–H groups in total. The number of likely N-dealkylation sites (tertiary alicyclic amines) is 1. The Labute approximate surface area is 212 Å². The number of ketones is 1. The topological polar surface area (TPSA) is 79.3 Å². The molecule has 1 aliphatic heterocycles. The monoisotopic (exact) mass is 498 g/mol. The lowest BCUT2D eigenvalue weighted by molar-refractivity contribution is -0.140. The van der Waals surface area contributed by atoms with Crippen molar-refractivity contribution in [3.63, 3.8) is 0 Å². The summed E-state index contributed by atoms with van der Waals surface area (Å²) in [5.41, 5.74) is 0.845. The SMILES string of the molecule is CCCOc1ccc([C@@H]2C(=C(O)c3ccc(F)cc3)C(=O)C(=O)N2CCCN(CC)CC)cc1OC. The third-order valence-electron chi connectivity index (χ3n) is 6.39. The molecular weight excluding hydrogens is 463 g/mol. The van der Waals surface area contributed by atoms with Crippen LogP contribution in [0.15, 0.2) is 48.0 Å². The Kier molecular flexibility index (Phi) is 9.47. The van der Waals surface area contributed by atoms with E-state index in [1.807, 2.05) is 6.92 Å². The van der Waals surface area contributed by atoms with Gasteiger partial charge in [-0.1, -0.05) is 26.8 Å². The van der Waals surface area contributed by atoms with E-state index >= 15 is 0 Å². The molecule has 0 spiro atoms. The number of halogens is 1. The van der Waals surface area contributed by atoms with Crippen LogP contribution in [0.3, 0.4) is 0 Å². The summed E-state index contributed by atoms with van der Waals surface area (Å²) >= 11 is 0. The first-order valence-electron chi connectivity index (χ1n) is 12.4. The Balaban J connectivity index is 2.07. The van der Waals surface area contributed by atoms with Crippen molar-refractivity contribution >= 4 is 17.4 Å². The van der Waals surface area contributed by atoms with Gasteiger partial charge in [-0.3, -0.25) is 9.59 Å². The number of rotatable bonds is 12. The molecule has 3 rings (SSSR count). The van der Waals surface area contributed by atoms with Crippen LogP contribution in [-0.4, -0.2) is 66.5 Å². The van der Waals surface area contributed by atoms with Gasteiger partial charge < -0.3 is 24.4 Å². The number of Topliss-reactive ketones (excluding diaryl/α,β-unsaturated/α-hetero) is 1. The second kappa shape index (κ2) is 12.5. The number of ether oxygens (including phenoxy) is 2. The maximum absolute atomic E-state index is 13.5. The number of amides is 1. The van der Waals surface area contributed by atoms with Crippen molar-refractivity contribution in [2.24, 2.45) is 0 Å². The van der Waals surface area contributed by atoms with E-state index in [9.17, 15) is 19.1 Å². The van der Waals surface area contributed by atoms with Crippen LogP contribution in [0.1, 0.15) is 50.8 Å². The van der Waals surface area contributed by atoms with Crippen molar-refractivity contribution < 1.29 is 28.6 Å².